The molecule has 0 bridgehead atoms. The van der Waals surface area contributed by atoms with E-state index in [1.54, 1.807) is 0 Å². The highest BCUT2D eigenvalue weighted by atomic mass is 31.2. The summed E-state index contributed by atoms with van der Waals surface area (Å²) >= 11 is 0. The Labute approximate surface area is 57.4 Å². The van der Waals surface area contributed by atoms with Crippen LogP contribution in [-0.2, 0) is 4.57 Å². The van der Waals surface area contributed by atoms with Gasteiger partial charge < -0.3 is 15.2 Å². The van der Waals surface area contributed by atoms with Crippen molar-refractivity contribution in [2.45, 2.75) is 0 Å². The molecular formula is C3H8N3O3P. The molecule has 7 heteroatoms. The van der Waals surface area contributed by atoms with Crippen molar-refractivity contribution in [3.63, 3.8) is 0 Å². The van der Waals surface area contributed by atoms with Gasteiger partial charge in [0.15, 0.2) is 0 Å². The first-order valence-electron chi connectivity index (χ1n) is 2.61. The van der Waals surface area contributed by atoms with Crippen LogP contribution in [0.4, 0.5) is 0 Å². The molecule has 1 rings (SSSR count). The molecule has 0 aromatic carbocycles. The number of hydrazine groups is 2. The molecule has 1 aliphatic heterocycles. The van der Waals surface area contributed by atoms with Crippen LogP contribution in [0.5, 0.6) is 0 Å². The van der Waals surface area contributed by atoms with Gasteiger partial charge in [-0.25, -0.2) is 5.43 Å². The quantitative estimate of drug-likeness (QED) is 0.307. The molecule has 0 amide bonds. The summed E-state index contributed by atoms with van der Waals surface area (Å²) in [5.41, 5.74) is 7.19. The Morgan fingerprint density at radius 1 is 1.60 bits per heavy atom. The Kier molecular flexibility index (Phi) is 2.08. The second kappa shape index (κ2) is 2.69. The minimum Gasteiger partial charge on any atom is -0.320 e. The van der Waals surface area contributed by atoms with Crippen LogP contribution in [0.2, 0.25) is 0 Å². The molecule has 0 aliphatic carbocycles. The van der Waals surface area contributed by atoms with Gasteiger partial charge >= 0.3 is 7.60 Å². The topological polar surface area (TPSA) is 93.6 Å². The molecular weight excluding hydrogens is 157 g/mol. The molecule has 1 aliphatic rings. The summed E-state index contributed by atoms with van der Waals surface area (Å²) in [4.78, 5) is 17.1. The fraction of sp³-hybridized carbons (Fsp3) is 0.333. The average molecular weight is 165 g/mol. The van der Waals surface area contributed by atoms with E-state index in [1.165, 1.54) is 6.08 Å². The number of hydrogen-bond donors (Lipinski definition) is 5. The highest BCUT2D eigenvalue weighted by molar-refractivity contribution is 7.56. The van der Waals surface area contributed by atoms with E-state index in [2.05, 4.69) is 16.4 Å². The van der Waals surface area contributed by atoms with Crippen LogP contribution in [0.15, 0.2) is 11.5 Å². The van der Waals surface area contributed by atoms with Crippen LogP contribution >= 0.6 is 7.60 Å². The largest absolute Gasteiger partial charge is 0.373 e. The molecule has 6 nitrogen and oxygen atoms in total. The highest BCUT2D eigenvalue weighted by Gasteiger charge is 2.21. The number of nitrogens with one attached hydrogen (secondary N) is 3. The summed E-state index contributed by atoms with van der Waals surface area (Å²) in [5.74, 6) is 0. The van der Waals surface area contributed by atoms with E-state index in [9.17, 15) is 4.57 Å². The Balaban J connectivity index is 2.72. The van der Waals surface area contributed by atoms with Gasteiger partial charge in [0.1, 0.15) is 5.44 Å². The maximum absolute atomic E-state index is 10.5. The molecule has 0 aromatic rings. The lowest BCUT2D eigenvalue weighted by Gasteiger charge is -2.17. The zero-order valence-corrected chi connectivity index (χ0v) is 5.93. The van der Waals surface area contributed by atoms with E-state index < -0.39 is 7.60 Å². The van der Waals surface area contributed by atoms with Crippen LogP contribution in [0.1, 0.15) is 0 Å². The summed E-state index contributed by atoms with van der Waals surface area (Å²) in [6, 6.07) is 0. The molecule has 0 saturated heterocycles. The van der Waals surface area contributed by atoms with E-state index in [4.69, 9.17) is 9.79 Å². The molecule has 0 spiro atoms. The Morgan fingerprint density at radius 2 is 2.30 bits per heavy atom. The van der Waals surface area contributed by atoms with Crippen molar-refractivity contribution in [2.24, 2.45) is 0 Å². The molecule has 0 unspecified atom stereocenters. The van der Waals surface area contributed by atoms with Crippen LogP contribution in [0.3, 0.4) is 0 Å². The van der Waals surface area contributed by atoms with Crippen LogP contribution in [0, 0.1) is 0 Å². The van der Waals surface area contributed by atoms with Gasteiger partial charge in [-0.2, -0.15) is 5.53 Å². The zero-order chi connectivity index (χ0) is 7.61. The highest BCUT2D eigenvalue weighted by Crippen LogP contribution is 2.42. The first-order valence-corrected chi connectivity index (χ1v) is 4.22. The predicted molar refractivity (Wildman–Crippen MR) is 34.4 cm³/mol. The first-order chi connectivity index (χ1) is 4.61. The van der Waals surface area contributed by atoms with Gasteiger partial charge in [-0.05, 0) is 6.08 Å². The molecule has 0 radical (unpaired) electrons. The smallest absolute Gasteiger partial charge is 0.320 e. The summed E-state index contributed by atoms with van der Waals surface area (Å²) in [7, 11) is -4.09. The van der Waals surface area contributed by atoms with Gasteiger partial charge in [-0.3, -0.25) is 4.57 Å². The normalized spacial score (nSPS) is 19.6. The summed E-state index contributed by atoms with van der Waals surface area (Å²) in [5, 5.41) is 0. The van der Waals surface area contributed by atoms with E-state index in [-0.39, 0.29) is 5.44 Å². The molecule has 10 heavy (non-hydrogen) atoms. The Morgan fingerprint density at radius 3 is 2.60 bits per heavy atom. The third-order valence-corrected chi connectivity index (χ3v) is 1.91. The van der Waals surface area contributed by atoms with Crippen LogP contribution in [-0.4, -0.2) is 16.3 Å². The lowest BCUT2D eigenvalue weighted by Crippen LogP contribution is -2.46. The van der Waals surface area contributed by atoms with Crippen molar-refractivity contribution in [1.82, 2.24) is 16.4 Å². The second-order valence-corrected chi connectivity index (χ2v) is 3.33. The lowest BCUT2D eigenvalue weighted by molar-refractivity contribution is 0.368. The van der Waals surface area contributed by atoms with E-state index in [0.717, 1.165) is 0 Å². The van der Waals surface area contributed by atoms with Gasteiger partial charge in [0.25, 0.3) is 0 Å². The molecule has 0 saturated carbocycles. The van der Waals surface area contributed by atoms with Crippen molar-refractivity contribution < 1.29 is 14.4 Å². The van der Waals surface area contributed by atoms with Crippen molar-refractivity contribution in [1.29, 1.82) is 0 Å². The SMILES string of the molecule is O=P(O)(O)C1=CCNNN1. The number of hydrogen-bond acceptors (Lipinski definition) is 4. The monoisotopic (exact) mass is 165 g/mol. The second-order valence-electron chi connectivity index (χ2n) is 1.76. The third kappa shape index (κ3) is 1.80. The van der Waals surface area contributed by atoms with E-state index in [1.807, 2.05) is 0 Å². The third-order valence-electron chi connectivity index (χ3n) is 0.990. The molecule has 5 N–H and O–H groups in total. The standard InChI is InChI=1S/C3H8N3O3P/c7-10(8,9)3-1-2-4-6-5-3/h1,4-6H,2H2,(H2,7,8,9). The van der Waals surface area contributed by atoms with Gasteiger partial charge in [0.05, 0.1) is 0 Å². The van der Waals surface area contributed by atoms with Crippen LogP contribution < -0.4 is 16.4 Å². The van der Waals surface area contributed by atoms with E-state index in [0.29, 0.717) is 6.54 Å². The average Bonchev–Trinajstić information content (AvgIpc) is 1.88. The number of rotatable bonds is 1. The van der Waals surface area contributed by atoms with Crippen molar-refractivity contribution >= 4 is 7.60 Å². The van der Waals surface area contributed by atoms with Crippen molar-refractivity contribution in [3.8, 4) is 0 Å². The summed E-state index contributed by atoms with van der Waals surface area (Å²) < 4.78 is 10.5. The van der Waals surface area contributed by atoms with Gasteiger partial charge in [-0.1, -0.05) is 0 Å². The Bertz CT molecular complexity index is 197. The Hall–Kier alpha value is -0.390. The molecule has 0 fully saturated rings. The molecule has 58 valence electrons. The molecule has 1 heterocycles. The van der Waals surface area contributed by atoms with Gasteiger partial charge in [0, 0.05) is 6.54 Å². The molecule has 0 atom stereocenters. The van der Waals surface area contributed by atoms with Gasteiger partial charge in [-0.15, -0.1) is 0 Å². The molecule has 0 aromatic heterocycles. The predicted octanol–water partition coefficient (Wildman–Crippen LogP) is -1.38. The van der Waals surface area contributed by atoms with Crippen molar-refractivity contribution in [3.05, 3.63) is 11.5 Å². The first kappa shape index (κ1) is 7.71. The summed E-state index contributed by atoms with van der Waals surface area (Å²) in [6.07, 6.45) is 1.39. The van der Waals surface area contributed by atoms with Crippen molar-refractivity contribution in [2.75, 3.05) is 6.54 Å². The zero-order valence-electron chi connectivity index (χ0n) is 5.03. The van der Waals surface area contributed by atoms with Crippen LogP contribution in [0.25, 0.3) is 0 Å². The lowest BCUT2D eigenvalue weighted by atomic mass is 10.6. The fourth-order valence-corrected chi connectivity index (χ4v) is 1.08. The van der Waals surface area contributed by atoms with Gasteiger partial charge in [0.2, 0.25) is 0 Å². The minimum absolute atomic E-state index is 0.0914. The fourth-order valence-electron chi connectivity index (χ4n) is 0.550. The van der Waals surface area contributed by atoms with E-state index >= 15 is 0 Å². The minimum atomic E-state index is -4.09. The summed E-state index contributed by atoms with van der Waals surface area (Å²) in [6.45, 7) is 0.396. The maximum Gasteiger partial charge on any atom is 0.373 e. The maximum atomic E-state index is 10.5.